The number of aryl methyl sites for hydroxylation is 1. The van der Waals surface area contributed by atoms with Crippen LogP contribution in [0.5, 0.6) is 0 Å². The van der Waals surface area contributed by atoms with E-state index < -0.39 is 6.04 Å². The van der Waals surface area contributed by atoms with Gasteiger partial charge in [-0.05, 0) is 32.0 Å². The molecule has 1 heterocycles. The number of aromatic nitrogens is 2. The van der Waals surface area contributed by atoms with Crippen LogP contribution in [0.25, 0.3) is 11.0 Å². The van der Waals surface area contributed by atoms with Gasteiger partial charge in [0.2, 0.25) is 0 Å². The van der Waals surface area contributed by atoms with Gasteiger partial charge in [-0.25, -0.2) is 4.98 Å². The fraction of sp³-hybridized carbons (Fsp3) is 0.333. The van der Waals surface area contributed by atoms with Gasteiger partial charge in [-0.3, -0.25) is 4.79 Å². The highest BCUT2D eigenvalue weighted by Gasteiger charge is 2.12. The van der Waals surface area contributed by atoms with E-state index in [2.05, 4.69) is 11.9 Å². The lowest BCUT2D eigenvalue weighted by Crippen LogP contribution is -2.26. The number of nitrogens with zero attached hydrogens (tertiary/aromatic N) is 2. The summed E-state index contributed by atoms with van der Waals surface area (Å²) in [4.78, 5) is 16.0. The highest BCUT2D eigenvalue weighted by atomic mass is 16.1. The predicted molar refractivity (Wildman–Crippen MR) is 63.4 cm³/mol. The number of imidazole rings is 1. The van der Waals surface area contributed by atoms with Crippen molar-refractivity contribution in [3.8, 4) is 0 Å². The highest BCUT2D eigenvalue weighted by molar-refractivity contribution is 6.01. The molecule has 1 aromatic carbocycles. The van der Waals surface area contributed by atoms with E-state index in [4.69, 9.17) is 5.73 Å². The van der Waals surface area contributed by atoms with Crippen molar-refractivity contribution in [1.82, 2.24) is 9.55 Å². The fourth-order valence-corrected chi connectivity index (χ4v) is 1.73. The number of carbonyl (C=O) groups excluding carboxylic acids is 1. The zero-order valence-electron chi connectivity index (χ0n) is 9.47. The van der Waals surface area contributed by atoms with Crippen molar-refractivity contribution in [1.29, 1.82) is 0 Å². The molecule has 0 spiro atoms. The molecule has 0 amide bonds. The number of hydrogen-bond acceptors (Lipinski definition) is 3. The average Bonchev–Trinajstić information content (AvgIpc) is 2.69. The van der Waals surface area contributed by atoms with E-state index in [-0.39, 0.29) is 5.78 Å². The molecule has 84 valence electrons. The molecule has 2 N–H and O–H groups in total. The first-order valence-electron chi connectivity index (χ1n) is 5.38. The number of fused-ring (bicyclic) bond motifs is 1. The lowest BCUT2D eigenvalue weighted by molar-refractivity contribution is 0.0968. The number of rotatable bonds is 3. The van der Waals surface area contributed by atoms with Crippen LogP contribution in [0.1, 0.15) is 24.2 Å². The van der Waals surface area contributed by atoms with Gasteiger partial charge in [0.05, 0.1) is 23.4 Å². The molecular formula is C12H15N3O. The van der Waals surface area contributed by atoms with E-state index in [1.54, 1.807) is 19.3 Å². The lowest BCUT2D eigenvalue weighted by atomic mass is 10.1. The van der Waals surface area contributed by atoms with Crippen LogP contribution in [0.2, 0.25) is 0 Å². The maximum atomic E-state index is 11.7. The molecule has 2 aromatic rings. The van der Waals surface area contributed by atoms with E-state index in [0.29, 0.717) is 5.56 Å². The molecule has 1 aromatic heterocycles. The maximum Gasteiger partial charge on any atom is 0.179 e. The molecule has 0 aliphatic rings. The summed E-state index contributed by atoms with van der Waals surface area (Å²) in [5.41, 5.74) is 8.08. The minimum absolute atomic E-state index is 0.0482. The standard InChI is InChI=1S/C12H15N3O/c1-3-15-7-14-10-6-9(4-5-11(10)15)12(16)8(2)13/h4-8H,3,13H2,1-2H3. The summed E-state index contributed by atoms with van der Waals surface area (Å²) in [6, 6.07) is 5.06. The largest absolute Gasteiger partial charge is 0.331 e. The van der Waals surface area contributed by atoms with Crippen LogP contribution >= 0.6 is 0 Å². The quantitative estimate of drug-likeness (QED) is 0.794. The van der Waals surface area contributed by atoms with Gasteiger partial charge in [-0.2, -0.15) is 0 Å². The van der Waals surface area contributed by atoms with Crippen LogP contribution in [-0.2, 0) is 6.54 Å². The highest BCUT2D eigenvalue weighted by Crippen LogP contribution is 2.15. The topological polar surface area (TPSA) is 60.9 Å². The van der Waals surface area contributed by atoms with Crippen molar-refractivity contribution in [2.75, 3.05) is 0 Å². The van der Waals surface area contributed by atoms with Gasteiger partial charge < -0.3 is 10.3 Å². The second-order valence-corrected chi connectivity index (χ2v) is 3.89. The Kier molecular flexibility index (Phi) is 2.75. The van der Waals surface area contributed by atoms with E-state index in [9.17, 15) is 4.79 Å². The van der Waals surface area contributed by atoms with Crippen molar-refractivity contribution in [2.45, 2.75) is 26.4 Å². The smallest absolute Gasteiger partial charge is 0.179 e. The number of ketones is 1. The Morgan fingerprint density at radius 2 is 2.31 bits per heavy atom. The molecule has 0 saturated heterocycles. The molecule has 0 bridgehead atoms. The second-order valence-electron chi connectivity index (χ2n) is 3.89. The van der Waals surface area contributed by atoms with Crippen molar-refractivity contribution >= 4 is 16.8 Å². The molecule has 1 atom stereocenters. The van der Waals surface area contributed by atoms with Crippen LogP contribution in [-0.4, -0.2) is 21.4 Å². The Morgan fingerprint density at radius 1 is 1.56 bits per heavy atom. The molecule has 0 saturated carbocycles. The summed E-state index contributed by atoms with van der Waals surface area (Å²) in [6.45, 7) is 4.62. The normalized spacial score (nSPS) is 12.9. The zero-order chi connectivity index (χ0) is 11.7. The Balaban J connectivity index is 2.49. The van der Waals surface area contributed by atoms with E-state index >= 15 is 0 Å². The summed E-state index contributed by atoms with van der Waals surface area (Å²) in [7, 11) is 0. The average molecular weight is 217 g/mol. The van der Waals surface area contributed by atoms with Gasteiger partial charge in [0, 0.05) is 12.1 Å². The third kappa shape index (κ3) is 1.72. The van der Waals surface area contributed by atoms with Crippen molar-refractivity contribution in [2.24, 2.45) is 5.73 Å². The minimum atomic E-state index is -0.467. The van der Waals surface area contributed by atoms with E-state index in [0.717, 1.165) is 17.6 Å². The monoisotopic (exact) mass is 217 g/mol. The van der Waals surface area contributed by atoms with Crippen LogP contribution in [0.15, 0.2) is 24.5 Å². The molecule has 0 radical (unpaired) electrons. The number of hydrogen-bond donors (Lipinski definition) is 1. The third-order valence-corrected chi connectivity index (χ3v) is 2.66. The molecule has 2 rings (SSSR count). The lowest BCUT2D eigenvalue weighted by Gasteiger charge is -2.04. The number of nitrogens with two attached hydrogens (primary N) is 1. The first-order chi connectivity index (χ1) is 7.63. The second kappa shape index (κ2) is 4.06. The summed E-state index contributed by atoms with van der Waals surface area (Å²) in [5.74, 6) is -0.0482. The third-order valence-electron chi connectivity index (χ3n) is 2.66. The SMILES string of the molecule is CCn1cnc2cc(C(=O)C(C)N)ccc21. The molecule has 1 unspecified atom stereocenters. The molecular weight excluding hydrogens is 202 g/mol. The maximum absolute atomic E-state index is 11.7. The summed E-state index contributed by atoms with van der Waals surface area (Å²) in [6.07, 6.45) is 1.78. The molecule has 4 nitrogen and oxygen atoms in total. The number of benzene rings is 1. The molecule has 0 aliphatic heterocycles. The number of carbonyl (C=O) groups is 1. The molecule has 0 aliphatic carbocycles. The Morgan fingerprint density at radius 3 is 2.94 bits per heavy atom. The van der Waals surface area contributed by atoms with Gasteiger partial charge in [0.1, 0.15) is 0 Å². The summed E-state index contributed by atoms with van der Waals surface area (Å²) in [5, 5.41) is 0. The zero-order valence-corrected chi connectivity index (χ0v) is 9.47. The van der Waals surface area contributed by atoms with Gasteiger partial charge in [-0.1, -0.05) is 0 Å². The van der Waals surface area contributed by atoms with Crippen molar-refractivity contribution in [3.05, 3.63) is 30.1 Å². The Hall–Kier alpha value is -1.68. The van der Waals surface area contributed by atoms with E-state index in [1.165, 1.54) is 0 Å². The van der Waals surface area contributed by atoms with Gasteiger partial charge in [0.15, 0.2) is 5.78 Å². The van der Waals surface area contributed by atoms with Gasteiger partial charge in [0.25, 0.3) is 0 Å². The number of Topliss-reactive ketones (excluding diaryl/α,β-unsaturated/α-hetero) is 1. The summed E-state index contributed by atoms with van der Waals surface area (Å²) < 4.78 is 2.04. The Labute approximate surface area is 94.1 Å². The molecule has 0 fully saturated rings. The van der Waals surface area contributed by atoms with Gasteiger partial charge in [-0.15, -0.1) is 0 Å². The van der Waals surface area contributed by atoms with E-state index in [1.807, 2.05) is 16.7 Å². The first-order valence-corrected chi connectivity index (χ1v) is 5.38. The van der Waals surface area contributed by atoms with Gasteiger partial charge >= 0.3 is 0 Å². The van der Waals surface area contributed by atoms with Crippen molar-refractivity contribution < 1.29 is 4.79 Å². The predicted octanol–water partition coefficient (Wildman–Crippen LogP) is 1.59. The summed E-state index contributed by atoms with van der Waals surface area (Å²) >= 11 is 0. The first kappa shape index (κ1) is 10.8. The van der Waals surface area contributed by atoms with Crippen LogP contribution < -0.4 is 5.73 Å². The fourth-order valence-electron chi connectivity index (χ4n) is 1.73. The Bertz CT molecular complexity index is 528. The molecule has 4 heteroatoms. The van der Waals surface area contributed by atoms with Crippen LogP contribution in [0, 0.1) is 0 Å². The van der Waals surface area contributed by atoms with Crippen molar-refractivity contribution in [3.63, 3.8) is 0 Å². The molecule has 16 heavy (non-hydrogen) atoms. The van der Waals surface area contributed by atoms with Crippen LogP contribution in [0.4, 0.5) is 0 Å². The van der Waals surface area contributed by atoms with Crippen LogP contribution in [0.3, 0.4) is 0 Å². The minimum Gasteiger partial charge on any atom is -0.331 e.